The number of hydrogen-bond donors (Lipinski definition) is 1. The molecule has 0 aliphatic carbocycles. The van der Waals surface area contributed by atoms with Crippen LogP contribution in [0.25, 0.3) is 0 Å². The highest BCUT2D eigenvalue weighted by Gasteiger charge is 2.16. The number of morpholine rings is 1. The summed E-state index contributed by atoms with van der Waals surface area (Å²) in [6.45, 7) is 4.25. The molecule has 0 bridgehead atoms. The molecular formula is C10H22N2O3S. The van der Waals surface area contributed by atoms with Crippen LogP contribution < -0.4 is 5.32 Å². The summed E-state index contributed by atoms with van der Waals surface area (Å²) < 4.78 is 27.3. The maximum absolute atomic E-state index is 10.9. The summed E-state index contributed by atoms with van der Waals surface area (Å²) >= 11 is 0. The average molecular weight is 250 g/mol. The molecule has 5 nitrogen and oxygen atoms in total. The summed E-state index contributed by atoms with van der Waals surface area (Å²) in [5.41, 5.74) is 0. The van der Waals surface area contributed by atoms with E-state index in [4.69, 9.17) is 4.74 Å². The van der Waals surface area contributed by atoms with Gasteiger partial charge in [0.2, 0.25) is 0 Å². The maximum Gasteiger partial charge on any atom is 0.147 e. The van der Waals surface area contributed by atoms with Gasteiger partial charge in [0.15, 0.2) is 0 Å². The van der Waals surface area contributed by atoms with Gasteiger partial charge in [-0.1, -0.05) is 0 Å². The fraction of sp³-hybridized carbons (Fsp3) is 1.00. The number of nitrogens with zero attached hydrogens (tertiary/aromatic N) is 1. The van der Waals surface area contributed by atoms with E-state index in [9.17, 15) is 8.42 Å². The van der Waals surface area contributed by atoms with Crippen molar-refractivity contribution in [3.8, 4) is 0 Å². The highest BCUT2D eigenvalue weighted by molar-refractivity contribution is 7.90. The minimum Gasteiger partial charge on any atom is -0.374 e. The molecule has 1 atom stereocenters. The third-order valence-electron chi connectivity index (χ3n) is 2.58. The molecule has 1 N–H and O–H groups in total. The maximum atomic E-state index is 10.9. The van der Waals surface area contributed by atoms with Crippen molar-refractivity contribution in [2.24, 2.45) is 0 Å². The molecule has 1 saturated heterocycles. The van der Waals surface area contributed by atoms with Gasteiger partial charge < -0.3 is 15.0 Å². The lowest BCUT2D eigenvalue weighted by atomic mass is 10.3. The zero-order valence-corrected chi connectivity index (χ0v) is 10.9. The molecule has 0 spiro atoms. The quantitative estimate of drug-likeness (QED) is 0.634. The molecule has 0 radical (unpaired) electrons. The second-order valence-electron chi connectivity index (χ2n) is 4.44. The second kappa shape index (κ2) is 6.54. The van der Waals surface area contributed by atoms with E-state index in [1.54, 1.807) is 0 Å². The topological polar surface area (TPSA) is 58.6 Å². The van der Waals surface area contributed by atoms with Crippen molar-refractivity contribution in [3.63, 3.8) is 0 Å². The Morgan fingerprint density at radius 3 is 2.88 bits per heavy atom. The van der Waals surface area contributed by atoms with Gasteiger partial charge in [0.1, 0.15) is 9.84 Å². The van der Waals surface area contributed by atoms with Crippen LogP contribution >= 0.6 is 0 Å². The Bertz CT molecular complexity index is 292. The van der Waals surface area contributed by atoms with Gasteiger partial charge in [0, 0.05) is 25.9 Å². The van der Waals surface area contributed by atoms with E-state index in [0.29, 0.717) is 6.42 Å². The Hall–Kier alpha value is -0.170. The zero-order chi connectivity index (χ0) is 12.0. The first-order chi connectivity index (χ1) is 7.47. The van der Waals surface area contributed by atoms with Gasteiger partial charge in [-0.25, -0.2) is 8.42 Å². The molecule has 6 heteroatoms. The van der Waals surface area contributed by atoms with Crippen molar-refractivity contribution < 1.29 is 13.2 Å². The Morgan fingerprint density at radius 2 is 2.25 bits per heavy atom. The molecule has 1 aliphatic heterocycles. The van der Waals surface area contributed by atoms with Crippen molar-refractivity contribution >= 4 is 9.84 Å². The van der Waals surface area contributed by atoms with Crippen LogP contribution in [0.5, 0.6) is 0 Å². The summed E-state index contributed by atoms with van der Waals surface area (Å²) in [7, 11) is -0.735. The van der Waals surface area contributed by atoms with Crippen molar-refractivity contribution in [1.82, 2.24) is 10.2 Å². The first-order valence-electron chi connectivity index (χ1n) is 5.66. The van der Waals surface area contributed by atoms with Gasteiger partial charge >= 0.3 is 0 Å². The fourth-order valence-electron chi connectivity index (χ4n) is 1.71. The van der Waals surface area contributed by atoms with Crippen molar-refractivity contribution in [1.29, 1.82) is 0 Å². The highest BCUT2D eigenvalue weighted by Crippen LogP contribution is 2.01. The molecule has 0 unspecified atom stereocenters. The first-order valence-corrected chi connectivity index (χ1v) is 7.72. The minimum absolute atomic E-state index is 0.233. The molecule has 1 aliphatic rings. The van der Waals surface area contributed by atoms with E-state index in [1.807, 2.05) is 0 Å². The van der Waals surface area contributed by atoms with E-state index >= 15 is 0 Å². The molecule has 0 aromatic carbocycles. The van der Waals surface area contributed by atoms with Crippen LogP contribution in [0.3, 0.4) is 0 Å². The van der Waals surface area contributed by atoms with E-state index in [-0.39, 0.29) is 11.9 Å². The normalized spacial score (nSPS) is 23.5. The molecule has 1 fully saturated rings. The number of sulfone groups is 1. The molecule has 0 amide bonds. The predicted octanol–water partition coefficient (Wildman–Crippen LogP) is -0.659. The molecule has 0 aromatic heterocycles. The van der Waals surface area contributed by atoms with E-state index in [2.05, 4.69) is 17.3 Å². The zero-order valence-electron chi connectivity index (χ0n) is 10.1. The van der Waals surface area contributed by atoms with Crippen LogP contribution in [0.4, 0.5) is 0 Å². The monoisotopic (exact) mass is 250 g/mol. The SMILES string of the molecule is CN1CCO[C@H](CNCCCS(C)(=O)=O)C1. The van der Waals surface area contributed by atoms with Gasteiger partial charge in [-0.05, 0) is 20.0 Å². The van der Waals surface area contributed by atoms with E-state index in [0.717, 1.165) is 32.8 Å². The standard InChI is InChI=1S/C10H22N2O3S/c1-12-5-6-15-10(9-12)8-11-4-3-7-16(2,13)14/h10-11H,3-9H2,1-2H3/t10-/m1/s1. The van der Waals surface area contributed by atoms with E-state index < -0.39 is 9.84 Å². The lowest BCUT2D eigenvalue weighted by Gasteiger charge is -2.30. The summed E-state index contributed by atoms with van der Waals surface area (Å²) in [5.74, 6) is 0.255. The number of rotatable bonds is 6. The summed E-state index contributed by atoms with van der Waals surface area (Å²) in [4.78, 5) is 2.24. The summed E-state index contributed by atoms with van der Waals surface area (Å²) in [5, 5.41) is 3.23. The summed E-state index contributed by atoms with van der Waals surface area (Å²) in [6.07, 6.45) is 2.17. The van der Waals surface area contributed by atoms with Crippen LogP contribution in [0.2, 0.25) is 0 Å². The lowest BCUT2D eigenvalue weighted by Crippen LogP contribution is -2.45. The Balaban J connectivity index is 2.02. The van der Waals surface area contributed by atoms with Crippen LogP contribution in [-0.2, 0) is 14.6 Å². The van der Waals surface area contributed by atoms with Crippen molar-refractivity contribution in [3.05, 3.63) is 0 Å². The molecule has 1 heterocycles. The van der Waals surface area contributed by atoms with Gasteiger partial charge in [-0.2, -0.15) is 0 Å². The largest absolute Gasteiger partial charge is 0.374 e. The van der Waals surface area contributed by atoms with Crippen LogP contribution in [-0.4, -0.2) is 71.3 Å². The smallest absolute Gasteiger partial charge is 0.147 e. The molecule has 96 valence electrons. The third kappa shape index (κ3) is 6.42. The second-order valence-corrected chi connectivity index (χ2v) is 6.70. The first kappa shape index (κ1) is 13.9. The fourth-order valence-corrected chi connectivity index (χ4v) is 2.38. The van der Waals surface area contributed by atoms with Gasteiger partial charge in [0.05, 0.1) is 18.5 Å². The van der Waals surface area contributed by atoms with Gasteiger partial charge in [-0.15, -0.1) is 0 Å². The highest BCUT2D eigenvalue weighted by atomic mass is 32.2. The molecule has 0 aromatic rings. The van der Waals surface area contributed by atoms with E-state index in [1.165, 1.54) is 6.26 Å². The minimum atomic E-state index is -2.82. The Kier molecular flexibility index (Phi) is 5.68. The Labute approximate surface area is 98.1 Å². The van der Waals surface area contributed by atoms with Crippen LogP contribution in [0.1, 0.15) is 6.42 Å². The molecular weight excluding hydrogens is 228 g/mol. The van der Waals surface area contributed by atoms with Gasteiger partial charge in [-0.3, -0.25) is 0 Å². The predicted molar refractivity (Wildman–Crippen MR) is 64.4 cm³/mol. The Morgan fingerprint density at radius 1 is 1.50 bits per heavy atom. The van der Waals surface area contributed by atoms with Crippen LogP contribution in [0.15, 0.2) is 0 Å². The number of ether oxygens (including phenoxy) is 1. The lowest BCUT2D eigenvalue weighted by molar-refractivity contribution is -0.0179. The van der Waals surface area contributed by atoms with Crippen molar-refractivity contribution in [2.75, 3.05) is 51.8 Å². The third-order valence-corrected chi connectivity index (χ3v) is 3.61. The average Bonchev–Trinajstić information content (AvgIpc) is 2.15. The number of hydrogen-bond acceptors (Lipinski definition) is 5. The molecule has 0 saturated carbocycles. The molecule has 16 heavy (non-hydrogen) atoms. The van der Waals surface area contributed by atoms with Gasteiger partial charge in [0.25, 0.3) is 0 Å². The summed E-state index contributed by atoms with van der Waals surface area (Å²) in [6, 6.07) is 0. The van der Waals surface area contributed by atoms with Crippen LogP contribution in [0, 0.1) is 0 Å². The number of nitrogens with one attached hydrogen (secondary N) is 1. The number of likely N-dealkylation sites (N-methyl/N-ethyl adjacent to an activating group) is 1. The molecule has 1 rings (SSSR count). The van der Waals surface area contributed by atoms with Crippen molar-refractivity contribution in [2.45, 2.75) is 12.5 Å².